The summed E-state index contributed by atoms with van der Waals surface area (Å²) >= 11 is 0. The normalized spacial score (nSPS) is 11.7. The number of carbonyl (C=O) groups excluding carboxylic acids is 1. The van der Waals surface area contributed by atoms with E-state index < -0.39 is 0 Å². The van der Waals surface area contributed by atoms with Crippen molar-refractivity contribution in [2.75, 3.05) is 5.32 Å². The van der Waals surface area contributed by atoms with Crippen molar-refractivity contribution in [1.82, 2.24) is 9.97 Å². The van der Waals surface area contributed by atoms with Crippen LogP contribution in [-0.4, -0.2) is 15.9 Å². The molecule has 0 atom stereocenters. The van der Waals surface area contributed by atoms with Crippen LogP contribution in [-0.2, 0) is 5.41 Å². The summed E-state index contributed by atoms with van der Waals surface area (Å²) in [4.78, 5) is 20.4. The van der Waals surface area contributed by atoms with Gasteiger partial charge < -0.3 is 10.3 Å². The molecule has 2 N–H and O–H groups in total. The lowest BCUT2D eigenvalue weighted by atomic mass is 9.83. The Bertz CT molecular complexity index is 872. The number of fused-ring (bicyclic) bond motifs is 1. The number of hydrogen-bond acceptors (Lipinski definition) is 2. The number of H-pyrrole nitrogens is 1. The molecule has 1 heterocycles. The fraction of sp³-hybridized carbons (Fsp3) is 0.263. The molecule has 3 aromatic rings. The van der Waals surface area contributed by atoms with Crippen molar-refractivity contribution < 1.29 is 4.79 Å². The highest BCUT2D eigenvalue weighted by Crippen LogP contribution is 2.27. The summed E-state index contributed by atoms with van der Waals surface area (Å²) < 4.78 is 0. The number of aromatic nitrogens is 2. The summed E-state index contributed by atoms with van der Waals surface area (Å²) in [6, 6.07) is 13.5. The average Bonchev–Trinajstić information content (AvgIpc) is 2.88. The van der Waals surface area contributed by atoms with Gasteiger partial charge in [-0.1, -0.05) is 45.0 Å². The second-order valence-electron chi connectivity index (χ2n) is 6.77. The van der Waals surface area contributed by atoms with Crippen LogP contribution in [0.4, 0.5) is 5.69 Å². The lowest BCUT2D eigenvalue weighted by Gasteiger charge is -2.22. The number of anilines is 1. The zero-order valence-electron chi connectivity index (χ0n) is 13.9. The SMILES string of the molecule is Cc1nc2c(NC(=O)c3ccccc3C(C)(C)C)cccc2[nH]1. The van der Waals surface area contributed by atoms with E-state index >= 15 is 0 Å². The second-order valence-corrected chi connectivity index (χ2v) is 6.77. The first kappa shape index (κ1) is 15.3. The highest BCUT2D eigenvalue weighted by molar-refractivity contribution is 6.09. The van der Waals surface area contributed by atoms with Crippen molar-refractivity contribution >= 4 is 22.6 Å². The van der Waals surface area contributed by atoms with Gasteiger partial charge >= 0.3 is 0 Å². The predicted molar refractivity (Wildman–Crippen MR) is 93.9 cm³/mol. The lowest BCUT2D eigenvalue weighted by Crippen LogP contribution is -2.21. The highest BCUT2D eigenvalue weighted by Gasteiger charge is 2.21. The van der Waals surface area contributed by atoms with Crippen LogP contribution in [0.15, 0.2) is 42.5 Å². The van der Waals surface area contributed by atoms with Crippen molar-refractivity contribution in [2.45, 2.75) is 33.1 Å². The van der Waals surface area contributed by atoms with E-state index in [0.717, 1.165) is 28.1 Å². The lowest BCUT2D eigenvalue weighted by molar-refractivity contribution is 0.102. The van der Waals surface area contributed by atoms with E-state index in [2.05, 4.69) is 36.1 Å². The first-order valence-corrected chi connectivity index (χ1v) is 7.72. The van der Waals surface area contributed by atoms with Crippen LogP contribution < -0.4 is 5.32 Å². The van der Waals surface area contributed by atoms with E-state index in [4.69, 9.17) is 0 Å². The smallest absolute Gasteiger partial charge is 0.256 e. The maximum absolute atomic E-state index is 12.8. The van der Waals surface area contributed by atoms with Crippen LogP contribution in [0.3, 0.4) is 0 Å². The molecule has 4 heteroatoms. The molecule has 0 radical (unpaired) electrons. The maximum Gasteiger partial charge on any atom is 0.256 e. The van der Waals surface area contributed by atoms with Crippen molar-refractivity contribution in [1.29, 1.82) is 0 Å². The first-order chi connectivity index (χ1) is 10.9. The Hall–Kier alpha value is -2.62. The molecule has 4 nitrogen and oxygen atoms in total. The standard InChI is InChI=1S/C19H21N3O/c1-12-20-15-10-7-11-16(17(15)21-12)22-18(23)13-8-5-6-9-14(13)19(2,3)4/h5-11H,1-4H3,(H,20,21)(H,22,23). The molecular weight excluding hydrogens is 286 g/mol. The number of imidazole rings is 1. The molecule has 0 unspecified atom stereocenters. The third-order valence-electron chi connectivity index (χ3n) is 3.86. The Kier molecular flexibility index (Phi) is 3.68. The van der Waals surface area contributed by atoms with Gasteiger partial charge in [-0.3, -0.25) is 4.79 Å². The molecule has 0 aliphatic rings. The minimum absolute atomic E-state index is 0.0944. The number of carbonyl (C=O) groups is 1. The highest BCUT2D eigenvalue weighted by atomic mass is 16.1. The van der Waals surface area contributed by atoms with Crippen molar-refractivity contribution in [3.8, 4) is 0 Å². The van der Waals surface area contributed by atoms with E-state index in [0.29, 0.717) is 5.56 Å². The fourth-order valence-corrected chi connectivity index (χ4v) is 2.78. The molecule has 1 amide bonds. The minimum atomic E-state index is -0.108. The Morgan fingerprint density at radius 3 is 2.57 bits per heavy atom. The number of nitrogens with zero attached hydrogens (tertiary/aromatic N) is 1. The Morgan fingerprint density at radius 2 is 1.83 bits per heavy atom. The van der Waals surface area contributed by atoms with Crippen molar-refractivity contribution in [2.24, 2.45) is 0 Å². The van der Waals surface area contributed by atoms with E-state index in [1.54, 1.807) is 0 Å². The first-order valence-electron chi connectivity index (χ1n) is 7.72. The van der Waals surface area contributed by atoms with E-state index in [1.165, 1.54) is 0 Å². The molecule has 0 saturated heterocycles. The largest absolute Gasteiger partial charge is 0.342 e. The van der Waals surface area contributed by atoms with Gasteiger partial charge in [0.05, 0.1) is 11.2 Å². The number of hydrogen-bond donors (Lipinski definition) is 2. The average molecular weight is 307 g/mol. The summed E-state index contributed by atoms with van der Waals surface area (Å²) in [5, 5.41) is 3.01. The number of rotatable bonds is 2. The van der Waals surface area contributed by atoms with Crippen LogP contribution in [0.25, 0.3) is 11.0 Å². The topological polar surface area (TPSA) is 57.8 Å². The molecular formula is C19H21N3O. The zero-order valence-corrected chi connectivity index (χ0v) is 13.9. The van der Waals surface area contributed by atoms with Crippen LogP contribution in [0.2, 0.25) is 0 Å². The number of para-hydroxylation sites is 1. The molecule has 2 aromatic carbocycles. The van der Waals surface area contributed by atoms with E-state index in [1.807, 2.05) is 49.4 Å². The van der Waals surface area contributed by atoms with E-state index in [9.17, 15) is 4.79 Å². The Balaban J connectivity index is 1.99. The molecule has 0 fully saturated rings. The third-order valence-corrected chi connectivity index (χ3v) is 3.86. The van der Waals surface area contributed by atoms with Crippen molar-refractivity contribution in [3.63, 3.8) is 0 Å². The fourth-order valence-electron chi connectivity index (χ4n) is 2.78. The summed E-state index contributed by atoms with van der Waals surface area (Å²) in [5.41, 5.74) is 4.06. The van der Waals surface area contributed by atoms with Crippen LogP contribution >= 0.6 is 0 Å². The van der Waals surface area contributed by atoms with Gasteiger partial charge in [0, 0.05) is 5.56 Å². The van der Waals surface area contributed by atoms with Gasteiger partial charge in [0.2, 0.25) is 0 Å². The molecule has 0 saturated carbocycles. The second kappa shape index (κ2) is 5.54. The van der Waals surface area contributed by atoms with Gasteiger partial charge in [-0.25, -0.2) is 4.98 Å². The molecule has 23 heavy (non-hydrogen) atoms. The van der Waals surface area contributed by atoms with Crippen LogP contribution in [0.5, 0.6) is 0 Å². The maximum atomic E-state index is 12.8. The summed E-state index contributed by atoms with van der Waals surface area (Å²) in [6.07, 6.45) is 0. The summed E-state index contributed by atoms with van der Waals surface area (Å²) in [6.45, 7) is 8.23. The molecule has 3 rings (SSSR count). The Labute approximate surface area is 136 Å². The zero-order chi connectivity index (χ0) is 16.6. The molecule has 118 valence electrons. The van der Waals surface area contributed by atoms with Gasteiger partial charge in [-0.15, -0.1) is 0 Å². The number of amides is 1. The van der Waals surface area contributed by atoms with Crippen LogP contribution in [0, 0.1) is 6.92 Å². The van der Waals surface area contributed by atoms with E-state index in [-0.39, 0.29) is 11.3 Å². The number of aryl methyl sites for hydroxylation is 1. The van der Waals surface area contributed by atoms with Gasteiger partial charge in [-0.2, -0.15) is 0 Å². The molecule has 0 spiro atoms. The molecule has 0 bridgehead atoms. The summed E-state index contributed by atoms with van der Waals surface area (Å²) in [7, 11) is 0. The summed E-state index contributed by atoms with van der Waals surface area (Å²) in [5.74, 6) is 0.723. The van der Waals surface area contributed by atoms with Gasteiger partial charge in [0.1, 0.15) is 11.3 Å². The quantitative estimate of drug-likeness (QED) is 0.736. The monoisotopic (exact) mass is 307 g/mol. The third kappa shape index (κ3) is 2.97. The van der Waals surface area contributed by atoms with Crippen LogP contribution in [0.1, 0.15) is 42.5 Å². The number of aromatic amines is 1. The van der Waals surface area contributed by atoms with Crippen molar-refractivity contribution in [3.05, 3.63) is 59.4 Å². The predicted octanol–water partition coefficient (Wildman–Crippen LogP) is 4.42. The van der Waals surface area contributed by atoms with Gasteiger partial charge in [-0.05, 0) is 36.1 Å². The molecule has 0 aliphatic heterocycles. The van der Waals surface area contributed by atoms with Gasteiger partial charge in [0.15, 0.2) is 0 Å². The minimum Gasteiger partial charge on any atom is -0.342 e. The Morgan fingerprint density at radius 1 is 1.09 bits per heavy atom. The molecule has 0 aliphatic carbocycles. The van der Waals surface area contributed by atoms with Gasteiger partial charge in [0.25, 0.3) is 5.91 Å². The number of nitrogens with one attached hydrogen (secondary N) is 2. The molecule has 1 aromatic heterocycles. The number of benzene rings is 2.